The molecule has 0 spiro atoms. The van der Waals surface area contributed by atoms with Crippen LogP contribution in [0.3, 0.4) is 0 Å². The highest BCUT2D eigenvalue weighted by molar-refractivity contribution is 7.80. The molecule has 0 atom stereocenters. The zero-order valence-electron chi connectivity index (χ0n) is 11.8. The Balaban J connectivity index is 2.38. The van der Waals surface area contributed by atoms with Crippen molar-refractivity contribution in [3.63, 3.8) is 0 Å². The van der Waals surface area contributed by atoms with Crippen LogP contribution in [0.15, 0.2) is 17.8 Å². The summed E-state index contributed by atoms with van der Waals surface area (Å²) in [6.07, 6.45) is 1.61. The van der Waals surface area contributed by atoms with Gasteiger partial charge in [-0.05, 0) is 49.8 Å². The van der Waals surface area contributed by atoms with Crippen LogP contribution in [0.4, 0.5) is 0 Å². The number of carbonyl (C=O) groups is 1. The van der Waals surface area contributed by atoms with Gasteiger partial charge in [0.2, 0.25) is 0 Å². The second-order valence-electron chi connectivity index (χ2n) is 4.67. The van der Waals surface area contributed by atoms with Crippen molar-refractivity contribution in [2.24, 2.45) is 0 Å². The zero-order chi connectivity index (χ0) is 15.6. The maximum Gasteiger partial charge on any atom is 0.273 e. The third-order valence-electron chi connectivity index (χ3n) is 2.64. The highest BCUT2D eigenvalue weighted by Crippen LogP contribution is 2.37. The third kappa shape index (κ3) is 3.65. The van der Waals surface area contributed by atoms with Crippen molar-refractivity contribution in [2.75, 3.05) is 7.11 Å². The van der Waals surface area contributed by atoms with E-state index in [9.17, 15) is 4.79 Å². The summed E-state index contributed by atoms with van der Waals surface area (Å²) in [6, 6.07) is 3.44. The van der Waals surface area contributed by atoms with E-state index in [1.165, 1.54) is 7.11 Å². The third-order valence-corrected chi connectivity index (χ3v) is 3.12. The molecule has 7 heteroatoms. The number of amides is 1. The van der Waals surface area contributed by atoms with E-state index in [1.54, 1.807) is 18.2 Å². The van der Waals surface area contributed by atoms with Gasteiger partial charge in [-0.2, -0.15) is 0 Å². The van der Waals surface area contributed by atoms with Gasteiger partial charge in [-0.25, -0.2) is 0 Å². The number of nitrogens with one attached hydrogen (secondary N) is 2. The molecule has 1 aromatic carbocycles. The van der Waals surface area contributed by atoms with Crippen LogP contribution in [0, 0.1) is 0 Å². The van der Waals surface area contributed by atoms with Crippen LogP contribution in [0.1, 0.15) is 19.4 Å². The number of halogens is 1. The largest absolute Gasteiger partial charge is 0.493 e. The second kappa shape index (κ2) is 6.32. The molecule has 0 aliphatic carbocycles. The van der Waals surface area contributed by atoms with Gasteiger partial charge in [-0.15, -0.1) is 0 Å². The summed E-state index contributed by atoms with van der Waals surface area (Å²) in [5.41, 5.74) is 1.06. The number of hydrogen-bond acceptors (Lipinski definition) is 4. The number of methoxy groups -OCH3 is 1. The summed E-state index contributed by atoms with van der Waals surface area (Å²) in [7, 11) is 1.53. The summed E-state index contributed by atoms with van der Waals surface area (Å²) in [4.78, 5) is 11.6. The summed E-state index contributed by atoms with van der Waals surface area (Å²) < 4.78 is 10.9. The number of carbonyl (C=O) groups excluding carboxylic acids is 1. The van der Waals surface area contributed by atoms with Crippen molar-refractivity contribution in [3.8, 4) is 11.5 Å². The molecule has 112 valence electrons. The van der Waals surface area contributed by atoms with Gasteiger partial charge in [0.15, 0.2) is 16.6 Å². The quantitative estimate of drug-likeness (QED) is 0.657. The Hall–Kier alpha value is -1.79. The molecule has 1 amide bonds. The number of rotatable bonds is 4. The lowest BCUT2D eigenvalue weighted by Gasteiger charge is -2.15. The van der Waals surface area contributed by atoms with E-state index in [0.29, 0.717) is 27.8 Å². The van der Waals surface area contributed by atoms with Crippen LogP contribution >= 0.6 is 23.8 Å². The van der Waals surface area contributed by atoms with Gasteiger partial charge in [-0.3, -0.25) is 10.1 Å². The highest BCUT2D eigenvalue weighted by atomic mass is 35.5. The SMILES string of the molecule is COc1cc(/C=C2/NC(=S)NC2=O)cc(Cl)c1OC(C)C. The van der Waals surface area contributed by atoms with E-state index in [0.717, 1.165) is 0 Å². The summed E-state index contributed by atoms with van der Waals surface area (Å²) in [5, 5.41) is 5.96. The van der Waals surface area contributed by atoms with Crippen LogP contribution in [0.25, 0.3) is 6.08 Å². The first kappa shape index (κ1) is 15.6. The fourth-order valence-electron chi connectivity index (χ4n) is 1.82. The molecule has 0 bridgehead atoms. The molecule has 2 N–H and O–H groups in total. The molecule has 1 fully saturated rings. The van der Waals surface area contributed by atoms with Crippen molar-refractivity contribution in [3.05, 3.63) is 28.4 Å². The summed E-state index contributed by atoms with van der Waals surface area (Å²) >= 11 is 11.1. The lowest BCUT2D eigenvalue weighted by atomic mass is 10.1. The maximum absolute atomic E-state index is 11.6. The van der Waals surface area contributed by atoms with Gasteiger partial charge in [-0.1, -0.05) is 11.6 Å². The highest BCUT2D eigenvalue weighted by Gasteiger charge is 2.20. The molecular formula is C14H15ClN2O3S. The first-order valence-corrected chi connectivity index (χ1v) is 7.07. The lowest BCUT2D eigenvalue weighted by molar-refractivity contribution is -0.115. The Morgan fingerprint density at radius 1 is 1.33 bits per heavy atom. The summed E-state index contributed by atoms with van der Waals surface area (Å²) in [6.45, 7) is 3.80. The molecule has 1 heterocycles. The van der Waals surface area contributed by atoms with Crippen molar-refractivity contribution in [2.45, 2.75) is 20.0 Å². The summed E-state index contributed by atoms with van der Waals surface area (Å²) in [5.74, 6) is 0.706. The predicted molar refractivity (Wildman–Crippen MR) is 85.6 cm³/mol. The minimum absolute atomic E-state index is 0.0275. The maximum atomic E-state index is 11.6. The molecule has 0 unspecified atom stereocenters. The Morgan fingerprint density at radius 3 is 2.57 bits per heavy atom. The van der Waals surface area contributed by atoms with Crippen molar-refractivity contribution < 1.29 is 14.3 Å². The minimum Gasteiger partial charge on any atom is -0.493 e. The monoisotopic (exact) mass is 326 g/mol. The fraction of sp³-hybridized carbons (Fsp3) is 0.286. The number of hydrogen-bond donors (Lipinski definition) is 2. The van der Waals surface area contributed by atoms with Crippen molar-refractivity contribution in [1.29, 1.82) is 0 Å². The van der Waals surface area contributed by atoms with Crippen LogP contribution in [-0.2, 0) is 4.79 Å². The van der Waals surface area contributed by atoms with E-state index in [-0.39, 0.29) is 17.1 Å². The second-order valence-corrected chi connectivity index (χ2v) is 5.48. The topological polar surface area (TPSA) is 59.6 Å². The zero-order valence-corrected chi connectivity index (χ0v) is 13.4. The van der Waals surface area contributed by atoms with E-state index in [2.05, 4.69) is 10.6 Å². The molecule has 1 saturated heterocycles. The Morgan fingerprint density at radius 2 is 2.05 bits per heavy atom. The van der Waals surface area contributed by atoms with Crippen LogP contribution < -0.4 is 20.1 Å². The average molecular weight is 327 g/mol. The van der Waals surface area contributed by atoms with Gasteiger partial charge >= 0.3 is 0 Å². The molecule has 21 heavy (non-hydrogen) atoms. The Kier molecular flexibility index (Phi) is 4.69. The molecule has 0 aromatic heterocycles. The first-order valence-electron chi connectivity index (χ1n) is 6.29. The van der Waals surface area contributed by atoms with E-state index in [4.69, 9.17) is 33.3 Å². The van der Waals surface area contributed by atoms with E-state index >= 15 is 0 Å². The smallest absolute Gasteiger partial charge is 0.273 e. The van der Waals surface area contributed by atoms with E-state index in [1.807, 2.05) is 13.8 Å². The first-order chi connectivity index (χ1) is 9.90. The fourth-order valence-corrected chi connectivity index (χ4v) is 2.29. The van der Waals surface area contributed by atoms with Gasteiger partial charge in [0, 0.05) is 0 Å². The normalized spacial score (nSPS) is 16.1. The molecular weight excluding hydrogens is 312 g/mol. The lowest BCUT2D eigenvalue weighted by Crippen LogP contribution is -2.21. The average Bonchev–Trinajstić information content (AvgIpc) is 2.70. The molecule has 0 radical (unpaired) electrons. The number of thiocarbonyl (C=S) groups is 1. The van der Waals surface area contributed by atoms with Gasteiger partial charge < -0.3 is 14.8 Å². The molecule has 2 rings (SSSR count). The van der Waals surface area contributed by atoms with Crippen molar-refractivity contribution >= 4 is 40.9 Å². The predicted octanol–water partition coefficient (Wildman–Crippen LogP) is 2.48. The van der Waals surface area contributed by atoms with Gasteiger partial charge in [0.1, 0.15) is 5.70 Å². The van der Waals surface area contributed by atoms with E-state index < -0.39 is 0 Å². The number of ether oxygens (including phenoxy) is 2. The van der Waals surface area contributed by atoms with Gasteiger partial charge in [0.05, 0.1) is 18.2 Å². The molecule has 1 aliphatic heterocycles. The molecule has 5 nitrogen and oxygen atoms in total. The van der Waals surface area contributed by atoms with Gasteiger partial charge in [0.25, 0.3) is 5.91 Å². The van der Waals surface area contributed by atoms with Crippen LogP contribution in [0.5, 0.6) is 11.5 Å². The molecule has 1 aliphatic rings. The minimum atomic E-state index is -0.280. The Labute approximate surface area is 133 Å². The Bertz CT molecular complexity index is 629. The van der Waals surface area contributed by atoms with Crippen LogP contribution in [-0.4, -0.2) is 24.2 Å². The van der Waals surface area contributed by atoms with Crippen LogP contribution in [0.2, 0.25) is 5.02 Å². The molecule has 0 saturated carbocycles. The molecule has 1 aromatic rings. The van der Waals surface area contributed by atoms with Crippen molar-refractivity contribution in [1.82, 2.24) is 10.6 Å². The number of benzene rings is 1. The standard InChI is InChI=1S/C14H15ClN2O3S/c1-7(2)20-12-9(15)4-8(6-11(12)19-3)5-10-13(18)17-14(21)16-10/h4-7H,1-3H3,(H2,16,17,18,21)/b10-5+.